The summed E-state index contributed by atoms with van der Waals surface area (Å²) in [6.07, 6.45) is 0.757. The lowest BCUT2D eigenvalue weighted by Gasteiger charge is -2.32. The maximum absolute atomic E-state index is 14.5. The number of halogens is 5. The van der Waals surface area contributed by atoms with E-state index in [2.05, 4.69) is 4.74 Å². The second kappa shape index (κ2) is 10.2. The van der Waals surface area contributed by atoms with Gasteiger partial charge >= 0.3 is 6.11 Å². The smallest absolute Gasteiger partial charge is 0.426 e. The number of ether oxygens (including phenoxy) is 3. The van der Waals surface area contributed by atoms with Crippen molar-refractivity contribution in [3.63, 3.8) is 0 Å². The molecule has 190 valence electrons. The molecule has 0 unspecified atom stereocenters. The fourth-order valence-corrected chi connectivity index (χ4v) is 4.90. The minimum Gasteiger partial charge on any atom is -0.429 e. The molecule has 0 atom stereocenters. The normalized spacial score (nSPS) is 21.0. The van der Waals surface area contributed by atoms with Crippen molar-refractivity contribution < 1.29 is 36.2 Å². The average Bonchev–Trinajstić information content (AvgIpc) is 3.43. The van der Waals surface area contributed by atoms with E-state index in [-0.39, 0.29) is 0 Å². The molecule has 0 N–H and O–H groups in total. The largest absolute Gasteiger partial charge is 0.429 e. The Kier molecular flexibility index (Phi) is 6.99. The van der Waals surface area contributed by atoms with E-state index >= 15 is 0 Å². The molecule has 36 heavy (non-hydrogen) atoms. The van der Waals surface area contributed by atoms with Gasteiger partial charge in [-0.05, 0) is 29.2 Å². The van der Waals surface area contributed by atoms with Crippen molar-refractivity contribution in [1.82, 2.24) is 0 Å². The van der Waals surface area contributed by atoms with Crippen LogP contribution >= 0.6 is 0 Å². The zero-order valence-electron chi connectivity index (χ0n) is 19.4. The van der Waals surface area contributed by atoms with Gasteiger partial charge < -0.3 is 14.2 Å². The third-order valence-electron chi connectivity index (χ3n) is 6.93. The fourth-order valence-electron chi connectivity index (χ4n) is 4.90. The molecule has 2 fully saturated rings. The SMILES string of the molecule is Fc1cc(OC(F)(F)c2ccc(-c3ccc(C4OCC(C5CCCC5)CO4)cc3)cc2)cc(F)c1F. The summed E-state index contributed by atoms with van der Waals surface area (Å²) >= 11 is 0. The first-order valence-corrected chi connectivity index (χ1v) is 12.0. The molecular formula is C28H25F5O3. The van der Waals surface area contributed by atoms with Gasteiger partial charge in [-0.15, -0.1) is 0 Å². The van der Waals surface area contributed by atoms with Gasteiger partial charge in [0, 0.05) is 23.6 Å². The van der Waals surface area contributed by atoms with Crippen molar-refractivity contribution >= 4 is 0 Å². The average molecular weight is 504 g/mol. The highest BCUT2D eigenvalue weighted by Gasteiger charge is 2.35. The van der Waals surface area contributed by atoms with Crippen LogP contribution in [0.2, 0.25) is 0 Å². The Morgan fingerprint density at radius 3 is 1.81 bits per heavy atom. The van der Waals surface area contributed by atoms with Crippen LogP contribution in [0.25, 0.3) is 11.1 Å². The summed E-state index contributed by atoms with van der Waals surface area (Å²) in [5.74, 6) is -4.67. The third kappa shape index (κ3) is 5.25. The second-order valence-electron chi connectivity index (χ2n) is 9.32. The monoisotopic (exact) mass is 504 g/mol. The van der Waals surface area contributed by atoms with Crippen molar-refractivity contribution in [2.45, 2.75) is 38.1 Å². The van der Waals surface area contributed by atoms with Crippen LogP contribution < -0.4 is 4.74 Å². The summed E-state index contributed by atoms with van der Waals surface area (Å²) in [4.78, 5) is 0. The molecule has 3 aromatic rings. The summed E-state index contributed by atoms with van der Waals surface area (Å²) in [6, 6.07) is 13.6. The highest BCUT2D eigenvalue weighted by atomic mass is 19.3. The van der Waals surface area contributed by atoms with Crippen molar-refractivity contribution in [3.05, 3.63) is 89.2 Å². The second-order valence-corrected chi connectivity index (χ2v) is 9.32. The first kappa shape index (κ1) is 24.7. The lowest BCUT2D eigenvalue weighted by atomic mass is 9.91. The fraction of sp³-hybridized carbons (Fsp3) is 0.357. The van der Waals surface area contributed by atoms with Crippen LogP contribution in [0, 0.1) is 29.3 Å². The van der Waals surface area contributed by atoms with Crippen LogP contribution in [0.3, 0.4) is 0 Å². The molecule has 1 saturated carbocycles. The Morgan fingerprint density at radius 1 is 0.722 bits per heavy atom. The van der Waals surface area contributed by atoms with Gasteiger partial charge in [0.05, 0.1) is 18.8 Å². The van der Waals surface area contributed by atoms with E-state index in [1.807, 2.05) is 24.3 Å². The maximum Gasteiger partial charge on any atom is 0.426 e. The van der Waals surface area contributed by atoms with Crippen LogP contribution in [-0.2, 0) is 15.6 Å². The van der Waals surface area contributed by atoms with E-state index in [9.17, 15) is 22.0 Å². The van der Waals surface area contributed by atoms with Crippen molar-refractivity contribution in [2.75, 3.05) is 13.2 Å². The molecular weight excluding hydrogens is 479 g/mol. The van der Waals surface area contributed by atoms with E-state index in [0.29, 0.717) is 42.7 Å². The molecule has 2 aliphatic rings. The van der Waals surface area contributed by atoms with Crippen LogP contribution in [0.15, 0.2) is 60.7 Å². The first-order valence-electron chi connectivity index (χ1n) is 12.0. The van der Waals surface area contributed by atoms with Gasteiger partial charge in [-0.25, -0.2) is 13.2 Å². The lowest BCUT2D eigenvalue weighted by molar-refractivity contribution is -0.212. The van der Waals surface area contributed by atoms with Crippen molar-refractivity contribution in [1.29, 1.82) is 0 Å². The van der Waals surface area contributed by atoms with Gasteiger partial charge in [-0.2, -0.15) is 8.78 Å². The Morgan fingerprint density at radius 2 is 1.25 bits per heavy atom. The zero-order chi connectivity index (χ0) is 25.3. The van der Waals surface area contributed by atoms with E-state index in [0.717, 1.165) is 23.3 Å². The quantitative estimate of drug-likeness (QED) is 0.254. The molecule has 1 aliphatic heterocycles. The number of benzene rings is 3. The van der Waals surface area contributed by atoms with E-state index in [1.165, 1.54) is 37.8 Å². The highest BCUT2D eigenvalue weighted by Crippen LogP contribution is 2.37. The summed E-state index contributed by atoms with van der Waals surface area (Å²) in [6.45, 7) is 1.37. The Bertz CT molecular complexity index is 1160. The molecule has 1 saturated heterocycles. The molecule has 8 heteroatoms. The van der Waals surface area contributed by atoms with Crippen LogP contribution in [0.1, 0.15) is 43.1 Å². The molecule has 0 aromatic heterocycles. The first-order chi connectivity index (χ1) is 17.3. The van der Waals surface area contributed by atoms with Crippen LogP contribution in [-0.4, -0.2) is 13.2 Å². The highest BCUT2D eigenvalue weighted by molar-refractivity contribution is 5.64. The Balaban J connectivity index is 1.22. The van der Waals surface area contributed by atoms with Crippen LogP contribution in [0.5, 0.6) is 5.75 Å². The summed E-state index contributed by atoms with van der Waals surface area (Å²) in [7, 11) is 0. The molecule has 0 radical (unpaired) electrons. The number of hydrogen-bond donors (Lipinski definition) is 0. The Labute approximate surface area is 205 Å². The van der Waals surface area contributed by atoms with Crippen molar-refractivity contribution in [3.8, 4) is 16.9 Å². The van der Waals surface area contributed by atoms with Gasteiger partial charge in [-0.3, -0.25) is 0 Å². The summed E-state index contributed by atoms with van der Waals surface area (Å²) in [5, 5.41) is 0. The Hall–Kier alpha value is -2.97. The van der Waals surface area contributed by atoms with Gasteiger partial charge in [0.2, 0.25) is 0 Å². The molecule has 0 bridgehead atoms. The zero-order valence-corrected chi connectivity index (χ0v) is 19.4. The molecule has 0 spiro atoms. The molecule has 3 aromatic carbocycles. The predicted molar refractivity (Wildman–Crippen MR) is 123 cm³/mol. The van der Waals surface area contributed by atoms with E-state index < -0.39 is 41.2 Å². The van der Waals surface area contributed by atoms with E-state index in [4.69, 9.17) is 9.47 Å². The maximum atomic E-state index is 14.5. The molecule has 1 aliphatic carbocycles. The minimum absolute atomic E-state index is 0.372. The standard InChI is InChI=1S/C28H25F5O3/c29-24-13-23(14-25(30)26(24)31)36-28(32,33)22-11-9-19(10-12-22)18-5-7-20(8-6-18)27-34-15-21(16-35-27)17-3-1-2-4-17/h5-14,17,21,27H,1-4,15-16H2. The molecule has 1 heterocycles. The predicted octanol–water partition coefficient (Wildman–Crippen LogP) is 7.75. The molecule has 5 rings (SSSR count). The van der Waals surface area contributed by atoms with Gasteiger partial charge in [0.15, 0.2) is 23.7 Å². The third-order valence-corrected chi connectivity index (χ3v) is 6.93. The number of alkyl halides is 2. The summed E-state index contributed by atoms with van der Waals surface area (Å²) < 4.78 is 85.2. The van der Waals surface area contributed by atoms with Gasteiger partial charge in [-0.1, -0.05) is 62.1 Å². The van der Waals surface area contributed by atoms with E-state index in [1.54, 1.807) is 0 Å². The van der Waals surface area contributed by atoms with Gasteiger partial charge in [0.1, 0.15) is 5.75 Å². The number of rotatable bonds is 6. The summed E-state index contributed by atoms with van der Waals surface area (Å²) in [5.41, 5.74) is 1.86. The van der Waals surface area contributed by atoms with Crippen LogP contribution in [0.4, 0.5) is 22.0 Å². The number of hydrogen-bond acceptors (Lipinski definition) is 3. The minimum atomic E-state index is -3.88. The van der Waals surface area contributed by atoms with Crippen molar-refractivity contribution in [2.24, 2.45) is 11.8 Å². The lowest BCUT2D eigenvalue weighted by Crippen LogP contribution is -2.31. The van der Waals surface area contributed by atoms with Gasteiger partial charge in [0.25, 0.3) is 0 Å². The topological polar surface area (TPSA) is 27.7 Å². The molecule has 3 nitrogen and oxygen atoms in total. The molecule has 0 amide bonds.